The van der Waals surface area contributed by atoms with Gasteiger partial charge in [0.15, 0.2) is 0 Å². The molecule has 27 heavy (non-hydrogen) atoms. The molecule has 138 valence electrons. The van der Waals surface area contributed by atoms with Gasteiger partial charge in [-0.05, 0) is 33.7 Å². The minimum absolute atomic E-state index is 0.172. The Hall–Kier alpha value is -2.89. The number of fused-ring (bicyclic) bond motifs is 2. The summed E-state index contributed by atoms with van der Waals surface area (Å²) in [5.74, 6) is 0.343. The first-order chi connectivity index (χ1) is 12.8. The fraction of sp³-hybridized carbons (Fsp3) is 0. The maximum absolute atomic E-state index is 10.4. The van der Waals surface area contributed by atoms with Crippen LogP contribution in [0.4, 0.5) is 0 Å². The summed E-state index contributed by atoms with van der Waals surface area (Å²) in [4.78, 5) is 21.6. The van der Waals surface area contributed by atoms with Crippen molar-refractivity contribution in [1.29, 1.82) is 0 Å². The van der Waals surface area contributed by atoms with Crippen molar-refractivity contribution >= 4 is 29.4 Å². The highest BCUT2D eigenvalue weighted by Crippen LogP contribution is 2.44. The van der Waals surface area contributed by atoms with E-state index in [4.69, 9.17) is 19.2 Å². The van der Waals surface area contributed by atoms with Gasteiger partial charge in [-0.25, -0.2) is 4.57 Å². The van der Waals surface area contributed by atoms with Gasteiger partial charge in [-0.3, -0.25) is 0 Å². The molecule has 0 aromatic heterocycles. The van der Waals surface area contributed by atoms with E-state index < -0.39 is 7.82 Å². The van der Waals surface area contributed by atoms with E-state index in [9.17, 15) is 10.2 Å². The van der Waals surface area contributed by atoms with Crippen molar-refractivity contribution in [3.05, 3.63) is 72.8 Å². The molecule has 4 aromatic carbocycles. The van der Waals surface area contributed by atoms with Crippen LogP contribution in [0.5, 0.6) is 11.5 Å². The smallest absolute Gasteiger partial charge is 0.466 e. The van der Waals surface area contributed by atoms with Crippen molar-refractivity contribution in [3.63, 3.8) is 0 Å². The van der Waals surface area contributed by atoms with Gasteiger partial charge in [0, 0.05) is 11.1 Å². The van der Waals surface area contributed by atoms with Gasteiger partial charge in [-0.2, -0.15) is 0 Å². The van der Waals surface area contributed by atoms with Crippen LogP contribution < -0.4 is 0 Å². The predicted octanol–water partition coefficient (Wildman–Crippen LogP) is 4.14. The summed E-state index contributed by atoms with van der Waals surface area (Å²) in [5, 5.41) is 24.8. The van der Waals surface area contributed by atoms with Gasteiger partial charge in [0.2, 0.25) is 0 Å². The van der Waals surface area contributed by atoms with E-state index >= 15 is 0 Å². The molecule has 0 amide bonds. The summed E-state index contributed by atoms with van der Waals surface area (Å²) in [5.41, 5.74) is 1.35. The zero-order valence-electron chi connectivity index (χ0n) is 14.0. The van der Waals surface area contributed by atoms with Crippen LogP contribution >= 0.6 is 7.82 Å². The molecule has 0 heterocycles. The van der Waals surface area contributed by atoms with Crippen molar-refractivity contribution < 1.29 is 29.5 Å². The number of hydrogen-bond donors (Lipinski definition) is 5. The molecule has 0 aliphatic carbocycles. The lowest BCUT2D eigenvalue weighted by molar-refractivity contribution is 0.275. The topological polar surface area (TPSA) is 118 Å². The maximum atomic E-state index is 10.4. The van der Waals surface area contributed by atoms with Crippen molar-refractivity contribution in [2.45, 2.75) is 0 Å². The van der Waals surface area contributed by atoms with E-state index in [2.05, 4.69) is 0 Å². The molecule has 0 bridgehead atoms. The largest absolute Gasteiger partial charge is 0.507 e. The Morgan fingerprint density at radius 3 is 1.26 bits per heavy atom. The van der Waals surface area contributed by atoms with Crippen LogP contribution in [-0.4, -0.2) is 24.9 Å². The Labute approximate surface area is 154 Å². The second-order valence-electron chi connectivity index (χ2n) is 5.87. The van der Waals surface area contributed by atoms with Crippen LogP contribution in [0, 0.1) is 0 Å². The van der Waals surface area contributed by atoms with Crippen LogP contribution in [0.15, 0.2) is 72.8 Å². The number of phenolic OH excluding ortho intramolecular Hbond substituents is 2. The molecule has 0 unspecified atom stereocenters. The number of phosphoric acid groups is 1. The minimum atomic E-state index is -4.64. The van der Waals surface area contributed by atoms with Crippen LogP contribution in [0.2, 0.25) is 0 Å². The molecule has 0 saturated heterocycles. The Morgan fingerprint density at radius 1 is 0.556 bits per heavy atom. The zero-order chi connectivity index (χ0) is 19.6. The zero-order valence-corrected chi connectivity index (χ0v) is 14.9. The van der Waals surface area contributed by atoms with E-state index in [1.165, 1.54) is 0 Å². The van der Waals surface area contributed by atoms with Gasteiger partial charge >= 0.3 is 7.82 Å². The summed E-state index contributed by atoms with van der Waals surface area (Å²) >= 11 is 0. The number of hydrogen-bond acceptors (Lipinski definition) is 3. The van der Waals surface area contributed by atoms with Gasteiger partial charge in [0.1, 0.15) is 11.5 Å². The molecule has 4 aromatic rings. The quantitative estimate of drug-likeness (QED) is 0.315. The van der Waals surface area contributed by atoms with E-state index in [1.807, 2.05) is 60.7 Å². The summed E-state index contributed by atoms with van der Waals surface area (Å²) in [6.45, 7) is 0. The van der Waals surface area contributed by atoms with Crippen molar-refractivity contribution in [2.24, 2.45) is 0 Å². The first-order valence-electron chi connectivity index (χ1n) is 7.96. The van der Waals surface area contributed by atoms with E-state index in [-0.39, 0.29) is 11.5 Å². The molecular formula is C20H17O6P. The van der Waals surface area contributed by atoms with E-state index in [1.54, 1.807) is 12.1 Å². The summed E-state index contributed by atoms with van der Waals surface area (Å²) in [6, 6.07) is 22.9. The van der Waals surface area contributed by atoms with Crippen LogP contribution in [-0.2, 0) is 4.57 Å². The molecule has 0 aliphatic rings. The number of aromatic hydroxyl groups is 2. The molecule has 7 heteroatoms. The van der Waals surface area contributed by atoms with Crippen LogP contribution in [0.3, 0.4) is 0 Å². The molecule has 0 saturated carbocycles. The van der Waals surface area contributed by atoms with Crippen molar-refractivity contribution in [2.75, 3.05) is 0 Å². The highest BCUT2D eigenvalue weighted by atomic mass is 31.2. The summed E-state index contributed by atoms with van der Waals surface area (Å²) in [7, 11) is -4.64. The first-order valence-corrected chi connectivity index (χ1v) is 9.52. The number of benzene rings is 4. The fourth-order valence-corrected chi connectivity index (χ4v) is 3.05. The molecular weight excluding hydrogens is 367 g/mol. The lowest BCUT2D eigenvalue weighted by Crippen LogP contribution is -1.86. The third kappa shape index (κ3) is 4.27. The lowest BCUT2D eigenvalue weighted by Gasteiger charge is -2.14. The number of rotatable bonds is 1. The van der Waals surface area contributed by atoms with Crippen molar-refractivity contribution in [3.8, 4) is 22.6 Å². The summed E-state index contributed by atoms with van der Waals surface area (Å²) in [6.07, 6.45) is 0. The van der Waals surface area contributed by atoms with Gasteiger partial charge in [-0.1, -0.05) is 60.7 Å². The van der Waals surface area contributed by atoms with Gasteiger partial charge in [0.25, 0.3) is 0 Å². The van der Waals surface area contributed by atoms with Gasteiger partial charge in [-0.15, -0.1) is 0 Å². The Bertz CT molecular complexity index is 1070. The third-order valence-corrected chi connectivity index (χ3v) is 4.06. The van der Waals surface area contributed by atoms with E-state index in [0.717, 1.165) is 21.5 Å². The molecule has 5 N–H and O–H groups in total. The molecule has 0 fully saturated rings. The second-order valence-corrected chi connectivity index (χ2v) is 6.90. The standard InChI is InChI=1S/C20H14O2.H3O4P/c21-17-11-9-13-5-1-3-7-15(13)19(17)20-16-8-4-2-6-14(16)10-12-18(20)22;1-5(2,3)4/h1-12,21-22H;(H3,1,2,3,4). The lowest BCUT2D eigenvalue weighted by atomic mass is 9.92. The Morgan fingerprint density at radius 2 is 0.889 bits per heavy atom. The molecule has 0 atom stereocenters. The number of phenols is 2. The molecule has 4 rings (SSSR count). The molecule has 0 aliphatic heterocycles. The minimum Gasteiger partial charge on any atom is -0.507 e. The highest BCUT2D eigenvalue weighted by Gasteiger charge is 2.16. The normalized spacial score (nSPS) is 11.2. The SMILES string of the molecule is O=P(O)(O)O.Oc1ccc2ccccc2c1-c1c(O)ccc2ccccc12. The Kier molecular flexibility index (Phi) is 5.17. The predicted molar refractivity (Wildman–Crippen MR) is 104 cm³/mol. The first kappa shape index (κ1) is 18.9. The monoisotopic (exact) mass is 384 g/mol. The highest BCUT2D eigenvalue weighted by molar-refractivity contribution is 7.45. The fourth-order valence-electron chi connectivity index (χ4n) is 3.05. The van der Waals surface area contributed by atoms with E-state index in [0.29, 0.717) is 11.1 Å². The Balaban J connectivity index is 0.000000376. The summed E-state index contributed by atoms with van der Waals surface area (Å²) < 4.78 is 8.88. The van der Waals surface area contributed by atoms with Crippen molar-refractivity contribution in [1.82, 2.24) is 0 Å². The molecule has 6 nitrogen and oxygen atoms in total. The molecule has 0 radical (unpaired) electrons. The third-order valence-electron chi connectivity index (χ3n) is 4.06. The van der Waals surface area contributed by atoms with Gasteiger partial charge in [0.05, 0.1) is 0 Å². The molecule has 0 spiro atoms. The van der Waals surface area contributed by atoms with Crippen LogP contribution in [0.25, 0.3) is 32.7 Å². The average molecular weight is 384 g/mol. The average Bonchev–Trinajstić information content (AvgIpc) is 2.61. The van der Waals surface area contributed by atoms with Gasteiger partial charge < -0.3 is 24.9 Å². The maximum Gasteiger partial charge on any atom is 0.466 e. The second kappa shape index (κ2) is 7.39. The van der Waals surface area contributed by atoms with Crippen LogP contribution in [0.1, 0.15) is 0 Å².